The van der Waals surface area contributed by atoms with Gasteiger partial charge in [0, 0.05) is 17.1 Å². The van der Waals surface area contributed by atoms with E-state index in [2.05, 4.69) is 10.0 Å². The molecule has 7 heteroatoms. The molecule has 0 aromatic heterocycles. The van der Waals surface area contributed by atoms with E-state index in [1.54, 1.807) is 13.0 Å². The molecule has 1 rings (SSSR count). The summed E-state index contributed by atoms with van der Waals surface area (Å²) in [5.74, 6) is 0. The van der Waals surface area contributed by atoms with Gasteiger partial charge in [-0.15, -0.1) is 0 Å². The maximum atomic E-state index is 9.10. The lowest BCUT2D eigenvalue weighted by atomic mass is 9.76. The summed E-state index contributed by atoms with van der Waals surface area (Å²) < 4.78 is 0. The molecule has 1 aromatic carbocycles. The lowest BCUT2D eigenvalue weighted by molar-refractivity contribution is 0.425. The normalized spacial score (nSPS) is 9.60. The molecule has 0 aliphatic heterocycles. The van der Waals surface area contributed by atoms with Crippen LogP contribution in [-0.4, -0.2) is 17.2 Å². The van der Waals surface area contributed by atoms with Crippen molar-refractivity contribution in [2.75, 3.05) is 0 Å². The van der Waals surface area contributed by atoms with Gasteiger partial charge >= 0.3 is 7.12 Å². The summed E-state index contributed by atoms with van der Waals surface area (Å²) in [6.45, 7) is 1.98. The monoisotopic (exact) mass is 206 g/mol. The van der Waals surface area contributed by atoms with E-state index in [-0.39, 0.29) is 6.54 Å². The number of benzene rings is 1. The Balaban J connectivity index is 3.37. The van der Waals surface area contributed by atoms with Gasteiger partial charge in [0.2, 0.25) is 0 Å². The minimum absolute atomic E-state index is 0.250. The van der Waals surface area contributed by atoms with Gasteiger partial charge in [0.15, 0.2) is 0 Å². The third-order valence-corrected chi connectivity index (χ3v) is 2.20. The van der Waals surface area contributed by atoms with Gasteiger partial charge in [-0.3, -0.25) is 0 Å². The van der Waals surface area contributed by atoms with E-state index < -0.39 is 7.12 Å². The molecule has 15 heavy (non-hydrogen) atoms. The van der Waals surface area contributed by atoms with Crippen molar-refractivity contribution in [2.45, 2.75) is 13.5 Å². The molecule has 0 atom stereocenters. The largest absolute Gasteiger partial charge is 0.488 e. The standard InChI is InChI=1S/C8H11BN4O2/c1-5-6(4-10)2-7(12-13-11)3-8(5)9(14)15/h2-3,14-15H,4,10H2,1H3. The first-order valence-corrected chi connectivity index (χ1v) is 4.35. The molecule has 0 aliphatic rings. The van der Waals surface area contributed by atoms with Crippen molar-refractivity contribution < 1.29 is 10.0 Å². The van der Waals surface area contributed by atoms with E-state index in [0.717, 1.165) is 5.56 Å². The Morgan fingerprint density at radius 3 is 2.67 bits per heavy atom. The zero-order valence-corrected chi connectivity index (χ0v) is 8.25. The Morgan fingerprint density at radius 2 is 2.20 bits per heavy atom. The summed E-state index contributed by atoms with van der Waals surface area (Å²) in [4.78, 5) is 2.63. The molecule has 1 aromatic rings. The van der Waals surface area contributed by atoms with Crippen molar-refractivity contribution in [3.8, 4) is 0 Å². The number of hydrogen-bond acceptors (Lipinski definition) is 4. The fourth-order valence-corrected chi connectivity index (χ4v) is 1.37. The smallest absolute Gasteiger partial charge is 0.423 e. The quantitative estimate of drug-likeness (QED) is 0.281. The molecule has 0 bridgehead atoms. The Morgan fingerprint density at radius 1 is 1.53 bits per heavy atom. The molecule has 0 heterocycles. The van der Waals surface area contributed by atoms with Crippen molar-refractivity contribution in [1.29, 1.82) is 0 Å². The molecule has 0 unspecified atom stereocenters. The molecule has 0 saturated carbocycles. The molecule has 0 aliphatic carbocycles. The fraction of sp³-hybridized carbons (Fsp3) is 0.250. The first-order valence-electron chi connectivity index (χ1n) is 4.35. The minimum Gasteiger partial charge on any atom is -0.423 e. The van der Waals surface area contributed by atoms with Crippen molar-refractivity contribution in [1.82, 2.24) is 0 Å². The van der Waals surface area contributed by atoms with Crippen LogP contribution in [-0.2, 0) is 6.54 Å². The topological polar surface area (TPSA) is 115 Å². The number of nitrogens with two attached hydrogens (primary N) is 1. The van der Waals surface area contributed by atoms with Gasteiger partial charge in [-0.1, -0.05) is 11.2 Å². The SMILES string of the molecule is Cc1c(CN)cc(N=[N+]=[N-])cc1B(O)O. The number of nitrogens with zero attached hydrogens (tertiary/aromatic N) is 3. The Kier molecular flexibility index (Phi) is 3.71. The van der Waals surface area contributed by atoms with Crippen LogP contribution in [0.2, 0.25) is 0 Å². The molecule has 0 spiro atoms. The third-order valence-electron chi connectivity index (χ3n) is 2.20. The minimum atomic E-state index is -1.59. The van der Waals surface area contributed by atoms with Gasteiger partial charge in [-0.25, -0.2) is 0 Å². The van der Waals surface area contributed by atoms with Gasteiger partial charge in [0.05, 0.1) is 0 Å². The molecular formula is C8H11BN4O2. The third kappa shape index (κ3) is 2.48. The van der Waals surface area contributed by atoms with Crippen molar-refractivity contribution in [3.63, 3.8) is 0 Å². The summed E-state index contributed by atoms with van der Waals surface area (Å²) in [5.41, 5.74) is 15.8. The predicted octanol–water partition coefficient (Wildman–Crippen LogP) is 0.0753. The number of azide groups is 1. The lowest BCUT2D eigenvalue weighted by Crippen LogP contribution is -2.33. The van der Waals surface area contributed by atoms with Crippen LogP contribution in [0.5, 0.6) is 0 Å². The molecule has 0 amide bonds. The van der Waals surface area contributed by atoms with E-state index in [1.165, 1.54) is 6.07 Å². The van der Waals surface area contributed by atoms with Crippen LogP contribution in [0, 0.1) is 6.92 Å². The summed E-state index contributed by atoms with van der Waals surface area (Å²) >= 11 is 0. The second-order valence-electron chi connectivity index (χ2n) is 3.09. The van der Waals surface area contributed by atoms with Gasteiger partial charge in [0.25, 0.3) is 0 Å². The molecule has 0 fully saturated rings. The van der Waals surface area contributed by atoms with Crippen LogP contribution in [0.25, 0.3) is 10.4 Å². The van der Waals surface area contributed by atoms with Crippen molar-refractivity contribution >= 4 is 18.3 Å². The van der Waals surface area contributed by atoms with E-state index >= 15 is 0 Å². The Labute approximate surface area is 87.1 Å². The molecule has 78 valence electrons. The van der Waals surface area contributed by atoms with Crippen LogP contribution >= 0.6 is 0 Å². The average Bonchev–Trinajstić information content (AvgIpc) is 2.20. The lowest BCUT2D eigenvalue weighted by Gasteiger charge is -2.10. The zero-order chi connectivity index (χ0) is 11.4. The van der Waals surface area contributed by atoms with E-state index in [4.69, 9.17) is 21.3 Å². The van der Waals surface area contributed by atoms with Crippen LogP contribution in [0.4, 0.5) is 5.69 Å². The number of rotatable bonds is 3. The van der Waals surface area contributed by atoms with Crippen LogP contribution < -0.4 is 11.2 Å². The Hall–Kier alpha value is -1.53. The van der Waals surface area contributed by atoms with Crippen LogP contribution in [0.1, 0.15) is 11.1 Å². The summed E-state index contributed by atoms with van der Waals surface area (Å²) in [6, 6.07) is 3.06. The first-order chi connectivity index (χ1) is 7.10. The zero-order valence-electron chi connectivity index (χ0n) is 8.25. The maximum absolute atomic E-state index is 9.10. The van der Waals surface area contributed by atoms with Gasteiger partial charge in [-0.05, 0) is 35.1 Å². The van der Waals surface area contributed by atoms with Gasteiger partial charge < -0.3 is 15.8 Å². The number of hydrogen-bond donors (Lipinski definition) is 3. The highest BCUT2D eigenvalue weighted by Crippen LogP contribution is 2.16. The highest BCUT2D eigenvalue weighted by atomic mass is 16.4. The Bertz CT molecular complexity index is 415. The molecule has 0 saturated heterocycles. The molecule has 6 nitrogen and oxygen atoms in total. The van der Waals surface area contributed by atoms with E-state index in [0.29, 0.717) is 16.7 Å². The van der Waals surface area contributed by atoms with Crippen molar-refractivity contribution in [3.05, 3.63) is 33.7 Å². The molecule has 0 radical (unpaired) electrons. The van der Waals surface area contributed by atoms with E-state index in [1.807, 2.05) is 0 Å². The maximum Gasteiger partial charge on any atom is 0.488 e. The van der Waals surface area contributed by atoms with Crippen molar-refractivity contribution in [2.24, 2.45) is 10.8 Å². The second-order valence-corrected chi connectivity index (χ2v) is 3.09. The van der Waals surface area contributed by atoms with Gasteiger partial charge in [0.1, 0.15) is 0 Å². The first kappa shape index (κ1) is 11.5. The summed E-state index contributed by atoms with van der Waals surface area (Å²) in [6.07, 6.45) is 0. The van der Waals surface area contributed by atoms with Gasteiger partial charge in [-0.2, -0.15) is 0 Å². The fourth-order valence-electron chi connectivity index (χ4n) is 1.37. The predicted molar refractivity (Wildman–Crippen MR) is 57.7 cm³/mol. The highest BCUT2D eigenvalue weighted by Gasteiger charge is 2.16. The second kappa shape index (κ2) is 4.81. The van der Waals surface area contributed by atoms with Crippen LogP contribution in [0.15, 0.2) is 17.2 Å². The average molecular weight is 206 g/mol. The van der Waals surface area contributed by atoms with Crippen LogP contribution in [0.3, 0.4) is 0 Å². The molecular weight excluding hydrogens is 195 g/mol. The molecule has 4 N–H and O–H groups in total. The summed E-state index contributed by atoms with van der Waals surface area (Å²) in [5, 5.41) is 21.6. The van der Waals surface area contributed by atoms with E-state index in [9.17, 15) is 0 Å². The highest BCUT2D eigenvalue weighted by molar-refractivity contribution is 6.59. The summed E-state index contributed by atoms with van der Waals surface area (Å²) in [7, 11) is -1.59.